The lowest BCUT2D eigenvalue weighted by molar-refractivity contribution is -0.332. The lowest BCUT2D eigenvalue weighted by Crippen LogP contribution is -2.65. The maximum absolute atomic E-state index is 13.0. The molecule has 0 bridgehead atoms. The van der Waals surface area contributed by atoms with Crippen LogP contribution in [0.3, 0.4) is 0 Å². The summed E-state index contributed by atoms with van der Waals surface area (Å²) >= 11 is 2.36. The Morgan fingerprint density at radius 2 is 0.493 bits per heavy atom. The lowest BCUT2D eigenvalue weighted by atomic mass is 9.78. The fourth-order valence-corrected chi connectivity index (χ4v) is 10.9. The van der Waals surface area contributed by atoms with Gasteiger partial charge in [-0.2, -0.15) is 0 Å². The summed E-state index contributed by atoms with van der Waals surface area (Å²) in [6.45, 7) is 0. The number of rotatable bonds is 16. The fraction of sp³-hybridized carbons (Fsp3) is 0.143. The summed E-state index contributed by atoms with van der Waals surface area (Å²) in [6.07, 6.45) is -5.30. The van der Waals surface area contributed by atoms with E-state index in [1.165, 1.54) is 0 Å². The van der Waals surface area contributed by atoms with Gasteiger partial charge >= 0.3 is 0 Å². The molecule has 1 heterocycles. The third kappa shape index (κ3) is 8.89. The van der Waals surface area contributed by atoms with Crippen molar-refractivity contribution in [3.63, 3.8) is 0 Å². The highest BCUT2D eigenvalue weighted by atomic mass is 127. The fourth-order valence-electron chi connectivity index (χ4n) is 10.2. The van der Waals surface area contributed by atoms with Gasteiger partial charge in [0.2, 0.25) is 0 Å². The van der Waals surface area contributed by atoms with Crippen LogP contribution >= 0.6 is 22.6 Å². The van der Waals surface area contributed by atoms with E-state index >= 15 is 0 Å². The van der Waals surface area contributed by atoms with E-state index in [-0.39, 0.29) is 0 Å². The van der Waals surface area contributed by atoms with Crippen molar-refractivity contribution in [2.24, 2.45) is 0 Å². The molecule has 0 aromatic heterocycles. The molecule has 0 amide bonds. The van der Waals surface area contributed by atoms with Gasteiger partial charge in [0, 0.05) is 4.43 Å². The van der Waals surface area contributed by atoms with Gasteiger partial charge in [-0.15, -0.1) is 0 Å². The molecule has 9 aromatic carbocycles. The lowest BCUT2D eigenvalue weighted by Gasteiger charge is -2.53. The van der Waals surface area contributed by atoms with Gasteiger partial charge in [0.25, 0.3) is 0 Å². The maximum atomic E-state index is 13.0. The van der Waals surface area contributed by atoms with Crippen LogP contribution in [-0.4, -0.2) is 40.2 Å². The Bertz CT molecular complexity index is 2660. The predicted octanol–water partition coefficient (Wildman–Crippen LogP) is 13.3. The van der Waals surface area contributed by atoms with Gasteiger partial charge in [-0.05, 0) is 50.1 Å². The molecule has 0 radical (unpaired) electrons. The SMILES string of the molecule is OC1OC(CI)C(OC(c2ccccc2)(c2ccccc2)c2ccccc2)C(OC(c2ccccc2)(c2ccccc2)c2ccccc2)C1OC(c1ccccc1)(c1ccccc1)c1ccccc1. The molecule has 342 valence electrons. The van der Waals surface area contributed by atoms with Crippen LogP contribution in [0.1, 0.15) is 50.1 Å². The molecule has 6 heteroatoms. The second-order valence-corrected chi connectivity index (χ2v) is 18.2. The molecule has 0 aliphatic carbocycles. The van der Waals surface area contributed by atoms with Crippen molar-refractivity contribution in [2.75, 3.05) is 4.43 Å². The van der Waals surface area contributed by atoms with E-state index in [0.29, 0.717) is 4.43 Å². The highest BCUT2D eigenvalue weighted by molar-refractivity contribution is 14.1. The van der Waals surface area contributed by atoms with Crippen molar-refractivity contribution in [3.05, 3.63) is 323 Å². The molecule has 1 aliphatic heterocycles. The third-order valence-corrected chi connectivity index (χ3v) is 14.2. The molecular formula is C63H53IO5. The Balaban J connectivity index is 1.29. The average Bonchev–Trinajstić information content (AvgIpc) is 3.44. The van der Waals surface area contributed by atoms with Crippen LogP contribution in [0.4, 0.5) is 0 Å². The summed E-state index contributed by atoms with van der Waals surface area (Å²) in [5.41, 5.74) is 4.30. The smallest absolute Gasteiger partial charge is 0.184 e. The highest BCUT2D eigenvalue weighted by Crippen LogP contribution is 2.50. The molecule has 10 rings (SSSR count). The Hall–Kier alpha value is -6.49. The molecule has 9 aromatic rings. The summed E-state index contributed by atoms with van der Waals surface area (Å²) < 4.78 is 31.8. The standard InChI is InChI=1S/C63H53IO5/c64-46-56-57(67-61(47-28-10-1-11-29-47,48-30-12-2-13-31-48)49-32-14-3-15-33-49)58(68-62(50-34-16-4-17-35-50,51-36-18-5-19-37-51)52-38-20-6-21-39-52)59(60(65)66-56)69-63(53-40-22-7-23-41-53,54-42-24-8-25-43-54)55-44-26-9-27-45-55/h1-45,56-60,65H,46H2. The number of ether oxygens (including phenoxy) is 4. The van der Waals surface area contributed by atoms with Crippen LogP contribution in [0.15, 0.2) is 273 Å². The number of hydrogen-bond donors (Lipinski definition) is 1. The van der Waals surface area contributed by atoms with Gasteiger partial charge in [-0.3, -0.25) is 0 Å². The zero-order valence-electron chi connectivity index (χ0n) is 38.0. The number of aliphatic hydroxyl groups excluding tert-OH is 1. The van der Waals surface area contributed by atoms with Crippen molar-refractivity contribution < 1.29 is 24.1 Å². The second-order valence-electron chi connectivity index (χ2n) is 17.3. The van der Waals surface area contributed by atoms with Crippen molar-refractivity contribution in [1.29, 1.82) is 0 Å². The maximum Gasteiger partial charge on any atom is 0.184 e. The van der Waals surface area contributed by atoms with Gasteiger partial charge < -0.3 is 24.1 Å². The largest absolute Gasteiger partial charge is 0.366 e. The quantitative estimate of drug-likeness (QED) is 0.0594. The molecule has 0 saturated carbocycles. The summed E-state index contributed by atoms with van der Waals surface area (Å²) in [5, 5.41) is 13.0. The first-order chi connectivity index (χ1) is 34.1. The summed E-state index contributed by atoms with van der Waals surface area (Å²) in [4.78, 5) is 0. The number of alkyl halides is 1. The van der Waals surface area contributed by atoms with Crippen LogP contribution in [0.5, 0.6) is 0 Å². The second kappa shape index (κ2) is 21.0. The molecular weight excluding hydrogens is 964 g/mol. The van der Waals surface area contributed by atoms with E-state index in [2.05, 4.69) is 168 Å². The normalized spacial score (nSPS) is 18.6. The highest BCUT2D eigenvalue weighted by Gasteiger charge is 2.57. The van der Waals surface area contributed by atoms with Crippen LogP contribution in [0.2, 0.25) is 0 Å². The van der Waals surface area contributed by atoms with Crippen LogP contribution in [0.25, 0.3) is 0 Å². The van der Waals surface area contributed by atoms with Gasteiger partial charge in [0.05, 0.1) is 6.10 Å². The van der Waals surface area contributed by atoms with Crippen molar-refractivity contribution in [2.45, 2.75) is 47.5 Å². The van der Waals surface area contributed by atoms with Gasteiger partial charge in [0.1, 0.15) is 35.1 Å². The molecule has 69 heavy (non-hydrogen) atoms. The Kier molecular flexibility index (Phi) is 14.1. The minimum Gasteiger partial charge on any atom is -0.366 e. The molecule has 1 saturated heterocycles. The van der Waals surface area contributed by atoms with Gasteiger partial charge in [-0.1, -0.05) is 296 Å². The summed E-state index contributed by atoms with van der Waals surface area (Å²) in [6, 6.07) is 92.8. The van der Waals surface area contributed by atoms with E-state index in [1.807, 2.05) is 127 Å². The van der Waals surface area contributed by atoms with E-state index in [9.17, 15) is 5.11 Å². The van der Waals surface area contributed by atoms with E-state index in [1.54, 1.807) is 0 Å². The summed E-state index contributed by atoms with van der Waals surface area (Å²) in [7, 11) is 0. The molecule has 1 fully saturated rings. The minimum atomic E-state index is -1.48. The molecule has 5 unspecified atom stereocenters. The zero-order chi connectivity index (χ0) is 46.9. The molecule has 5 atom stereocenters. The minimum absolute atomic E-state index is 0.455. The molecule has 0 spiro atoms. The van der Waals surface area contributed by atoms with Crippen LogP contribution in [-0.2, 0) is 35.8 Å². The molecule has 5 nitrogen and oxygen atoms in total. The van der Waals surface area contributed by atoms with Crippen molar-refractivity contribution >= 4 is 22.6 Å². The zero-order valence-corrected chi connectivity index (χ0v) is 40.2. The predicted molar refractivity (Wildman–Crippen MR) is 282 cm³/mol. The number of hydrogen-bond acceptors (Lipinski definition) is 5. The van der Waals surface area contributed by atoms with Crippen LogP contribution in [0, 0.1) is 0 Å². The first kappa shape index (κ1) is 46.2. The molecule has 1 aliphatic rings. The summed E-state index contributed by atoms with van der Waals surface area (Å²) in [5.74, 6) is 0. The monoisotopic (exact) mass is 1020 g/mol. The van der Waals surface area contributed by atoms with Crippen LogP contribution < -0.4 is 0 Å². The topological polar surface area (TPSA) is 57.2 Å². The average molecular weight is 1020 g/mol. The Labute approximate surface area is 419 Å². The molecule has 1 N–H and O–H groups in total. The number of halogens is 1. The van der Waals surface area contributed by atoms with Crippen molar-refractivity contribution in [1.82, 2.24) is 0 Å². The van der Waals surface area contributed by atoms with Crippen molar-refractivity contribution in [3.8, 4) is 0 Å². The Morgan fingerprint density at radius 1 is 0.304 bits per heavy atom. The Morgan fingerprint density at radius 3 is 0.696 bits per heavy atom. The van der Waals surface area contributed by atoms with Gasteiger partial charge in [0.15, 0.2) is 6.29 Å². The number of benzene rings is 9. The third-order valence-electron chi connectivity index (χ3n) is 13.3. The van der Waals surface area contributed by atoms with E-state index < -0.39 is 47.5 Å². The van der Waals surface area contributed by atoms with E-state index in [0.717, 1.165) is 50.1 Å². The van der Waals surface area contributed by atoms with Gasteiger partial charge in [-0.25, -0.2) is 0 Å². The first-order valence-electron chi connectivity index (χ1n) is 23.5. The number of aliphatic hydroxyl groups is 1. The van der Waals surface area contributed by atoms with E-state index in [4.69, 9.17) is 18.9 Å². The first-order valence-corrected chi connectivity index (χ1v) is 25.0.